The summed E-state index contributed by atoms with van der Waals surface area (Å²) in [5.74, 6) is 0.103. The number of benzene rings is 1. The Kier molecular flexibility index (Phi) is 4.68. The molecule has 4 N–H and O–H groups in total. The summed E-state index contributed by atoms with van der Waals surface area (Å²) in [6, 6.07) is 5.40. The zero-order valence-corrected chi connectivity index (χ0v) is 13.4. The summed E-state index contributed by atoms with van der Waals surface area (Å²) in [5, 5.41) is 12.6. The zero-order valence-electron chi connectivity index (χ0n) is 13.4. The number of rotatable bonds is 2. The van der Waals surface area contributed by atoms with Crippen molar-refractivity contribution in [2.24, 2.45) is 0 Å². The number of aromatic hydroxyl groups is 1. The Morgan fingerprint density at radius 3 is 2.55 bits per heavy atom. The van der Waals surface area contributed by atoms with Crippen LogP contribution in [0, 0.1) is 0 Å². The van der Waals surface area contributed by atoms with Gasteiger partial charge in [0.15, 0.2) is 0 Å². The Labute approximate surface area is 131 Å². The van der Waals surface area contributed by atoms with Crippen LogP contribution in [0.15, 0.2) is 18.2 Å². The first-order chi connectivity index (χ1) is 10.2. The average Bonchev–Trinajstić information content (AvgIpc) is 2.40. The first-order valence-corrected chi connectivity index (χ1v) is 7.57. The van der Waals surface area contributed by atoms with Gasteiger partial charge in [0.05, 0.1) is 5.69 Å². The molecule has 6 nitrogen and oxygen atoms in total. The van der Waals surface area contributed by atoms with Gasteiger partial charge in [-0.2, -0.15) is 0 Å². The molecule has 0 unspecified atom stereocenters. The molecule has 0 saturated carbocycles. The molecule has 2 rings (SSSR count). The number of phenolic OH excluding ortho intramolecular Hbond substituents is 1. The van der Waals surface area contributed by atoms with Gasteiger partial charge in [0.2, 0.25) is 0 Å². The molecule has 1 aromatic carbocycles. The summed E-state index contributed by atoms with van der Waals surface area (Å²) >= 11 is 0. The molecular formula is C16H25N3O3. The number of hydrogen-bond donors (Lipinski definition) is 3. The number of hydrogen-bond acceptors (Lipinski definition) is 5. The highest BCUT2D eigenvalue weighted by Gasteiger charge is 2.23. The number of carbonyl (C=O) groups excluding carboxylic acids is 1. The highest BCUT2D eigenvalue weighted by Crippen LogP contribution is 2.28. The molecule has 6 heteroatoms. The van der Waals surface area contributed by atoms with E-state index in [9.17, 15) is 9.90 Å². The molecule has 122 valence electrons. The van der Waals surface area contributed by atoms with Crippen molar-refractivity contribution < 1.29 is 14.6 Å². The summed E-state index contributed by atoms with van der Waals surface area (Å²) < 4.78 is 5.27. The van der Waals surface area contributed by atoms with Gasteiger partial charge in [0.25, 0.3) is 0 Å². The number of phenols is 1. The van der Waals surface area contributed by atoms with E-state index >= 15 is 0 Å². The maximum absolute atomic E-state index is 11.8. The van der Waals surface area contributed by atoms with Crippen LogP contribution < -0.4 is 16.0 Å². The topological polar surface area (TPSA) is 87.8 Å². The average molecular weight is 307 g/mol. The van der Waals surface area contributed by atoms with E-state index in [2.05, 4.69) is 10.2 Å². The highest BCUT2D eigenvalue weighted by atomic mass is 16.6. The van der Waals surface area contributed by atoms with Crippen molar-refractivity contribution in [3.63, 3.8) is 0 Å². The smallest absolute Gasteiger partial charge is 0.407 e. The molecule has 0 aliphatic carbocycles. The Morgan fingerprint density at radius 1 is 1.36 bits per heavy atom. The minimum Gasteiger partial charge on any atom is -0.506 e. The fraction of sp³-hybridized carbons (Fsp3) is 0.562. The molecule has 1 aromatic rings. The Balaban J connectivity index is 1.85. The molecule has 1 amide bonds. The highest BCUT2D eigenvalue weighted by molar-refractivity contribution is 5.68. The molecular weight excluding hydrogens is 282 g/mol. The van der Waals surface area contributed by atoms with Gasteiger partial charge < -0.3 is 25.8 Å². The third kappa shape index (κ3) is 4.44. The van der Waals surface area contributed by atoms with Crippen LogP contribution in [-0.4, -0.2) is 35.9 Å². The van der Waals surface area contributed by atoms with Crippen molar-refractivity contribution in [3.05, 3.63) is 18.2 Å². The molecule has 1 heterocycles. The van der Waals surface area contributed by atoms with E-state index in [4.69, 9.17) is 10.5 Å². The molecule has 22 heavy (non-hydrogen) atoms. The van der Waals surface area contributed by atoms with Crippen LogP contribution in [0.4, 0.5) is 16.2 Å². The molecule has 0 radical (unpaired) electrons. The third-order valence-electron chi connectivity index (χ3n) is 3.59. The van der Waals surface area contributed by atoms with E-state index in [0.717, 1.165) is 31.6 Å². The van der Waals surface area contributed by atoms with E-state index in [-0.39, 0.29) is 17.9 Å². The first kappa shape index (κ1) is 16.3. The van der Waals surface area contributed by atoms with Gasteiger partial charge in [0, 0.05) is 30.9 Å². The first-order valence-electron chi connectivity index (χ1n) is 7.57. The molecule has 0 spiro atoms. The predicted molar refractivity (Wildman–Crippen MR) is 87.1 cm³/mol. The normalized spacial score (nSPS) is 16.4. The van der Waals surface area contributed by atoms with Crippen molar-refractivity contribution in [3.8, 4) is 5.75 Å². The molecule has 1 aliphatic rings. The van der Waals surface area contributed by atoms with Crippen LogP contribution in [0.5, 0.6) is 5.75 Å². The van der Waals surface area contributed by atoms with Gasteiger partial charge in [-0.05, 0) is 45.7 Å². The Hall–Kier alpha value is -2.11. The fourth-order valence-electron chi connectivity index (χ4n) is 2.49. The van der Waals surface area contributed by atoms with Gasteiger partial charge >= 0.3 is 6.09 Å². The van der Waals surface area contributed by atoms with Crippen LogP contribution in [0.1, 0.15) is 33.6 Å². The molecule has 1 aliphatic heterocycles. The van der Waals surface area contributed by atoms with Gasteiger partial charge in [0.1, 0.15) is 11.4 Å². The van der Waals surface area contributed by atoms with Crippen LogP contribution in [0.25, 0.3) is 0 Å². The SMILES string of the molecule is CC(C)(C)OC(=O)NC1CCN(c2ccc(N)c(O)c2)CC1. The predicted octanol–water partition coefficient (Wildman–Crippen LogP) is 2.47. The van der Waals surface area contributed by atoms with Crippen molar-refractivity contribution in [1.29, 1.82) is 0 Å². The third-order valence-corrected chi connectivity index (χ3v) is 3.59. The number of nitrogens with two attached hydrogens (primary N) is 1. The number of amides is 1. The van der Waals surface area contributed by atoms with Crippen LogP contribution in [0.3, 0.4) is 0 Å². The zero-order chi connectivity index (χ0) is 16.3. The van der Waals surface area contributed by atoms with Crippen molar-refractivity contribution >= 4 is 17.5 Å². The number of piperidine rings is 1. The van der Waals surface area contributed by atoms with Crippen molar-refractivity contribution in [2.75, 3.05) is 23.7 Å². The lowest BCUT2D eigenvalue weighted by Crippen LogP contribution is -2.46. The lowest BCUT2D eigenvalue weighted by atomic mass is 10.0. The maximum Gasteiger partial charge on any atom is 0.407 e. The number of carbonyl (C=O) groups is 1. The minimum atomic E-state index is -0.480. The summed E-state index contributed by atoms with van der Waals surface area (Å²) in [4.78, 5) is 13.9. The Morgan fingerprint density at radius 2 is 2.00 bits per heavy atom. The minimum absolute atomic E-state index is 0.103. The second-order valence-electron chi connectivity index (χ2n) is 6.65. The maximum atomic E-state index is 11.8. The molecule has 1 saturated heterocycles. The van der Waals surface area contributed by atoms with Crippen molar-refractivity contribution in [2.45, 2.75) is 45.3 Å². The van der Waals surface area contributed by atoms with Crippen LogP contribution >= 0.6 is 0 Å². The standard InChI is InChI=1S/C16H25N3O3/c1-16(2,3)22-15(21)18-11-6-8-19(9-7-11)12-4-5-13(17)14(20)10-12/h4-5,10-11,20H,6-9,17H2,1-3H3,(H,18,21). The second-order valence-corrected chi connectivity index (χ2v) is 6.65. The van der Waals surface area contributed by atoms with Gasteiger partial charge in [-0.15, -0.1) is 0 Å². The van der Waals surface area contributed by atoms with E-state index in [0.29, 0.717) is 5.69 Å². The Bertz CT molecular complexity index is 532. The van der Waals surface area contributed by atoms with Crippen molar-refractivity contribution in [1.82, 2.24) is 5.32 Å². The number of nitrogens with one attached hydrogen (secondary N) is 1. The van der Waals surface area contributed by atoms with E-state index in [1.807, 2.05) is 26.8 Å². The monoisotopic (exact) mass is 307 g/mol. The number of alkyl carbamates (subject to hydrolysis) is 1. The molecule has 0 bridgehead atoms. The van der Waals surface area contributed by atoms with E-state index < -0.39 is 5.60 Å². The second kappa shape index (κ2) is 6.34. The van der Waals surface area contributed by atoms with Gasteiger partial charge in [-0.25, -0.2) is 4.79 Å². The van der Waals surface area contributed by atoms with Gasteiger partial charge in [-0.3, -0.25) is 0 Å². The quantitative estimate of drug-likeness (QED) is 0.577. The van der Waals surface area contributed by atoms with Crippen LogP contribution in [-0.2, 0) is 4.74 Å². The lowest BCUT2D eigenvalue weighted by molar-refractivity contribution is 0.0497. The summed E-state index contributed by atoms with van der Waals surface area (Å²) in [6.45, 7) is 7.17. The number of anilines is 2. The summed E-state index contributed by atoms with van der Waals surface area (Å²) in [6.07, 6.45) is 1.31. The largest absolute Gasteiger partial charge is 0.506 e. The van der Waals surface area contributed by atoms with Crippen LogP contribution in [0.2, 0.25) is 0 Å². The van der Waals surface area contributed by atoms with E-state index in [1.165, 1.54) is 0 Å². The molecule has 0 aromatic heterocycles. The number of nitrogens with zero attached hydrogens (tertiary/aromatic N) is 1. The number of ether oxygens (including phenoxy) is 1. The molecule has 1 fully saturated rings. The van der Waals surface area contributed by atoms with Gasteiger partial charge in [-0.1, -0.05) is 0 Å². The number of nitrogen functional groups attached to an aromatic ring is 1. The van der Waals surface area contributed by atoms with E-state index in [1.54, 1.807) is 12.1 Å². The fourth-order valence-corrected chi connectivity index (χ4v) is 2.49. The summed E-state index contributed by atoms with van der Waals surface area (Å²) in [5.41, 5.74) is 6.46. The lowest BCUT2D eigenvalue weighted by Gasteiger charge is -2.34. The molecule has 0 atom stereocenters. The summed E-state index contributed by atoms with van der Waals surface area (Å²) in [7, 11) is 0.